The molecule has 0 amide bonds. The molecule has 0 aliphatic rings. The van der Waals surface area contributed by atoms with Gasteiger partial charge in [0.2, 0.25) is 5.78 Å². The third-order valence-corrected chi connectivity index (χ3v) is 3.20. The molecule has 0 spiro atoms. The standard InChI is InChI=1S/C10H14O2S/c1-3-8(2)13-7-9(11)10-5-4-6-12-10/h4-6,8H,3,7H2,1-2H3. The lowest BCUT2D eigenvalue weighted by molar-refractivity contribution is 0.0992. The number of hydrogen-bond acceptors (Lipinski definition) is 3. The summed E-state index contributed by atoms with van der Waals surface area (Å²) in [6.45, 7) is 4.25. The first-order chi connectivity index (χ1) is 6.24. The van der Waals surface area contributed by atoms with E-state index >= 15 is 0 Å². The highest BCUT2D eigenvalue weighted by molar-refractivity contribution is 8.00. The summed E-state index contributed by atoms with van der Waals surface area (Å²) in [5.41, 5.74) is 0. The maximum Gasteiger partial charge on any atom is 0.207 e. The monoisotopic (exact) mass is 198 g/mol. The van der Waals surface area contributed by atoms with Crippen LogP contribution in [0.15, 0.2) is 22.8 Å². The van der Waals surface area contributed by atoms with Crippen LogP contribution in [-0.2, 0) is 0 Å². The first-order valence-corrected chi connectivity index (χ1v) is 5.47. The van der Waals surface area contributed by atoms with Crippen LogP contribution in [0, 0.1) is 0 Å². The highest BCUT2D eigenvalue weighted by atomic mass is 32.2. The second-order valence-corrected chi connectivity index (χ2v) is 4.36. The lowest BCUT2D eigenvalue weighted by Gasteiger charge is -2.05. The molecule has 0 aliphatic carbocycles. The van der Waals surface area contributed by atoms with Crippen LogP contribution in [0.5, 0.6) is 0 Å². The van der Waals surface area contributed by atoms with Gasteiger partial charge in [-0.25, -0.2) is 0 Å². The summed E-state index contributed by atoms with van der Waals surface area (Å²) in [6.07, 6.45) is 2.62. The van der Waals surface area contributed by atoms with Crippen molar-refractivity contribution in [2.45, 2.75) is 25.5 Å². The van der Waals surface area contributed by atoms with Gasteiger partial charge in [0.25, 0.3) is 0 Å². The van der Waals surface area contributed by atoms with E-state index in [0.717, 1.165) is 6.42 Å². The molecule has 72 valence electrons. The van der Waals surface area contributed by atoms with E-state index in [9.17, 15) is 4.79 Å². The van der Waals surface area contributed by atoms with Gasteiger partial charge in [0.05, 0.1) is 12.0 Å². The Labute approximate surface area is 82.7 Å². The lowest BCUT2D eigenvalue weighted by atomic mass is 10.3. The highest BCUT2D eigenvalue weighted by Gasteiger charge is 2.10. The summed E-state index contributed by atoms with van der Waals surface area (Å²) in [5, 5.41) is 0.541. The smallest absolute Gasteiger partial charge is 0.207 e. The predicted octanol–water partition coefficient (Wildman–Crippen LogP) is 2.99. The summed E-state index contributed by atoms with van der Waals surface area (Å²) in [4.78, 5) is 11.4. The van der Waals surface area contributed by atoms with Crippen molar-refractivity contribution < 1.29 is 9.21 Å². The summed E-state index contributed by atoms with van der Waals surface area (Å²) in [5.74, 6) is 1.06. The summed E-state index contributed by atoms with van der Waals surface area (Å²) in [6, 6.07) is 3.45. The zero-order chi connectivity index (χ0) is 9.68. The molecule has 0 radical (unpaired) electrons. The van der Waals surface area contributed by atoms with Crippen LogP contribution in [0.3, 0.4) is 0 Å². The molecule has 2 nitrogen and oxygen atoms in total. The molecule has 0 saturated heterocycles. The van der Waals surface area contributed by atoms with E-state index < -0.39 is 0 Å². The zero-order valence-electron chi connectivity index (χ0n) is 7.95. The van der Waals surface area contributed by atoms with Gasteiger partial charge in [-0.3, -0.25) is 4.79 Å². The molecular formula is C10H14O2S. The molecule has 0 aromatic carbocycles. The number of carbonyl (C=O) groups is 1. The molecule has 3 heteroatoms. The van der Waals surface area contributed by atoms with E-state index in [1.807, 2.05) is 0 Å². The molecule has 1 aromatic rings. The Kier molecular flexibility index (Phi) is 4.09. The second-order valence-electron chi connectivity index (χ2n) is 2.93. The van der Waals surface area contributed by atoms with E-state index in [1.54, 1.807) is 23.9 Å². The molecule has 0 aliphatic heterocycles. The minimum Gasteiger partial charge on any atom is -0.461 e. The fraction of sp³-hybridized carbons (Fsp3) is 0.500. The van der Waals surface area contributed by atoms with Gasteiger partial charge in [-0.15, -0.1) is 0 Å². The molecule has 0 bridgehead atoms. The molecule has 1 heterocycles. The van der Waals surface area contributed by atoms with Crippen molar-refractivity contribution >= 4 is 17.5 Å². The van der Waals surface area contributed by atoms with Crippen LogP contribution in [0.25, 0.3) is 0 Å². The van der Waals surface area contributed by atoms with Crippen LogP contribution < -0.4 is 0 Å². The Hall–Kier alpha value is -0.700. The molecule has 0 fully saturated rings. The number of furan rings is 1. The van der Waals surface area contributed by atoms with Gasteiger partial charge >= 0.3 is 0 Å². The number of Topliss-reactive ketones (excluding diaryl/α,β-unsaturated/α-hetero) is 1. The van der Waals surface area contributed by atoms with E-state index in [-0.39, 0.29) is 5.78 Å². The van der Waals surface area contributed by atoms with Gasteiger partial charge in [0.1, 0.15) is 0 Å². The third-order valence-electron chi connectivity index (χ3n) is 1.87. The molecule has 0 N–H and O–H groups in total. The van der Waals surface area contributed by atoms with Gasteiger partial charge < -0.3 is 4.42 Å². The molecule has 13 heavy (non-hydrogen) atoms. The van der Waals surface area contributed by atoms with Gasteiger partial charge in [0.15, 0.2) is 5.76 Å². The van der Waals surface area contributed by atoms with E-state index in [2.05, 4.69) is 13.8 Å². The summed E-state index contributed by atoms with van der Waals surface area (Å²) >= 11 is 1.67. The van der Waals surface area contributed by atoms with Crippen molar-refractivity contribution in [3.05, 3.63) is 24.2 Å². The topological polar surface area (TPSA) is 30.2 Å². The Morgan fingerprint density at radius 3 is 3.00 bits per heavy atom. The van der Waals surface area contributed by atoms with Crippen LogP contribution in [0.4, 0.5) is 0 Å². The van der Waals surface area contributed by atoms with Gasteiger partial charge in [-0.1, -0.05) is 13.8 Å². The minimum atomic E-state index is 0.0790. The Morgan fingerprint density at radius 2 is 2.46 bits per heavy atom. The number of carbonyl (C=O) groups excluding carboxylic acids is 1. The predicted molar refractivity (Wildman–Crippen MR) is 55.2 cm³/mol. The van der Waals surface area contributed by atoms with Crippen LogP contribution in [0.1, 0.15) is 30.8 Å². The normalized spacial score (nSPS) is 12.8. The molecule has 1 atom stereocenters. The first kappa shape index (κ1) is 10.4. The zero-order valence-corrected chi connectivity index (χ0v) is 8.76. The average Bonchev–Trinajstić information content (AvgIpc) is 2.66. The van der Waals surface area contributed by atoms with E-state index in [4.69, 9.17) is 4.42 Å². The quantitative estimate of drug-likeness (QED) is 0.681. The first-order valence-electron chi connectivity index (χ1n) is 4.42. The fourth-order valence-electron chi connectivity index (χ4n) is 0.844. The van der Waals surface area contributed by atoms with Crippen LogP contribution >= 0.6 is 11.8 Å². The highest BCUT2D eigenvalue weighted by Crippen LogP contribution is 2.15. The Morgan fingerprint density at radius 1 is 1.69 bits per heavy atom. The molecule has 1 aromatic heterocycles. The van der Waals surface area contributed by atoms with Gasteiger partial charge in [-0.05, 0) is 18.6 Å². The van der Waals surface area contributed by atoms with Crippen LogP contribution in [-0.4, -0.2) is 16.8 Å². The maximum absolute atomic E-state index is 11.4. The molecule has 1 unspecified atom stereocenters. The third kappa shape index (κ3) is 3.27. The number of thioether (sulfide) groups is 1. The Balaban J connectivity index is 2.35. The average molecular weight is 198 g/mol. The number of hydrogen-bond donors (Lipinski definition) is 0. The summed E-state index contributed by atoms with van der Waals surface area (Å²) < 4.78 is 5.00. The number of rotatable bonds is 5. The van der Waals surface area contributed by atoms with Crippen molar-refractivity contribution in [1.29, 1.82) is 0 Å². The van der Waals surface area contributed by atoms with Crippen molar-refractivity contribution in [3.8, 4) is 0 Å². The van der Waals surface area contributed by atoms with E-state index in [1.165, 1.54) is 6.26 Å². The lowest BCUT2D eigenvalue weighted by Crippen LogP contribution is -2.04. The van der Waals surface area contributed by atoms with Crippen molar-refractivity contribution in [1.82, 2.24) is 0 Å². The fourth-order valence-corrected chi connectivity index (χ4v) is 1.66. The largest absolute Gasteiger partial charge is 0.461 e. The van der Waals surface area contributed by atoms with Crippen molar-refractivity contribution in [2.24, 2.45) is 0 Å². The van der Waals surface area contributed by atoms with Crippen LogP contribution in [0.2, 0.25) is 0 Å². The van der Waals surface area contributed by atoms with Gasteiger partial charge in [0, 0.05) is 5.25 Å². The Bertz CT molecular complexity index is 254. The van der Waals surface area contributed by atoms with Crippen molar-refractivity contribution in [2.75, 3.05) is 5.75 Å². The molecule has 0 saturated carbocycles. The second kappa shape index (κ2) is 5.12. The van der Waals surface area contributed by atoms with Gasteiger partial charge in [-0.2, -0.15) is 11.8 Å². The number of ketones is 1. The SMILES string of the molecule is CCC(C)SCC(=O)c1ccco1. The summed E-state index contributed by atoms with van der Waals surface area (Å²) in [7, 11) is 0. The van der Waals surface area contributed by atoms with E-state index in [0.29, 0.717) is 16.8 Å². The minimum absolute atomic E-state index is 0.0790. The molecule has 1 rings (SSSR count). The molecular weight excluding hydrogens is 184 g/mol. The van der Waals surface area contributed by atoms with Crippen molar-refractivity contribution in [3.63, 3.8) is 0 Å². The maximum atomic E-state index is 11.4.